The van der Waals surface area contributed by atoms with Gasteiger partial charge in [0.05, 0.1) is 25.7 Å². The third-order valence-electron chi connectivity index (χ3n) is 5.20. The number of halogens is 1. The van der Waals surface area contributed by atoms with Crippen molar-refractivity contribution in [2.24, 2.45) is 9.98 Å². The topological polar surface area (TPSA) is 113 Å². The number of allylic oxidation sites excluding steroid dienone is 2. The van der Waals surface area contributed by atoms with Gasteiger partial charge in [-0.05, 0) is 24.6 Å². The molecule has 2 amide bonds. The second-order valence-corrected chi connectivity index (χ2v) is 7.91. The molecule has 34 heavy (non-hydrogen) atoms. The number of hydrogen-bond acceptors (Lipinski definition) is 7. The fourth-order valence-corrected chi connectivity index (χ4v) is 3.71. The number of nitrogens with one attached hydrogen (secondary N) is 3. The fourth-order valence-electron chi connectivity index (χ4n) is 3.49. The lowest BCUT2D eigenvalue weighted by atomic mass is 10.0. The van der Waals surface area contributed by atoms with Crippen molar-refractivity contribution in [3.05, 3.63) is 70.3 Å². The van der Waals surface area contributed by atoms with Crippen LogP contribution in [0.2, 0.25) is 0 Å². The summed E-state index contributed by atoms with van der Waals surface area (Å²) in [7, 11) is 1.56. The van der Waals surface area contributed by atoms with Crippen LogP contribution in [0.5, 0.6) is 5.75 Å². The Kier molecular flexibility index (Phi) is 7.44. The maximum Gasteiger partial charge on any atom is 0.247 e. The van der Waals surface area contributed by atoms with Gasteiger partial charge in [0.15, 0.2) is 0 Å². The minimum Gasteiger partial charge on any atom is -0.498 e. The zero-order chi connectivity index (χ0) is 23.9. The van der Waals surface area contributed by atoms with Gasteiger partial charge in [-0.25, -0.2) is 9.98 Å². The Morgan fingerprint density at radius 1 is 1.21 bits per heavy atom. The summed E-state index contributed by atoms with van der Waals surface area (Å²) >= 11 is 6.49. The number of carbonyl (C=O) groups excluding carboxylic acids is 2. The number of carbonyl (C=O) groups is 2. The van der Waals surface area contributed by atoms with E-state index in [1.807, 2.05) is 18.2 Å². The Balaban J connectivity index is 1.76. The average molecular weight is 482 g/mol. The zero-order valence-corrected chi connectivity index (χ0v) is 19.3. The smallest absolute Gasteiger partial charge is 0.247 e. The third-order valence-corrected chi connectivity index (χ3v) is 5.56. The molecule has 2 heterocycles. The quantitative estimate of drug-likeness (QED) is 0.570. The predicted molar refractivity (Wildman–Crippen MR) is 130 cm³/mol. The number of fused-ring (bicyclic) bond motifs is 2. The molecule has 0 fully saturated rings. The molecule has 2 bridgehead atoms. The van der Waals surface area contributed by atoms with Gasteiger partial charge in [-0.2, -0.15) is 0 Å². The van der Waals surface area contributed by atoms with Crippen LogP contribution in [0.15, 0.2) is 74.7 Å². The number of benzene rings is 1. The Hall–Kier alpha value is -3.85. The number of amidine groups is 1. The Morgan fingerprint density at radius 2 is 2.09 bits per heavy atom. The Bertz CT molecular complexity index is 1180. The van der Waals surface area contributed by atoms with Gasteiger partial charge in [0.25, 0.3) is 0 Å². The summed E-state index contributed by atoms with van der Waals surface area (Å²) in [5, 5.41) is 8.95. The number of nitrogens with zero attached hydrogens (tertiary/aromatic N) is 2. The second-order valence-electron chi connectivity index (χ2n) is 7.50. The number of methoxy groups -OCH3 is 1. The van der Waals surface area contributed by atoms with Crippen LogP contribution in [0, 0.1) is 0 Å². The van der Waals surface area contributed by atoms with Crippen molar-refractivity contribution in [3.63, 3.8) is 0 Å². The molecule has 0 spiro atoms. The molecule has 9 nitrogen and oxygen atoms in total. The van der Waals surface area contributed by atoms with Crippen LogP contribution in [0.4, 0.5) is 5.69 Å². The average Bonchev–Trinajstić information content (AvgIpc) is 2.84. The van der Waals surface area contributed by atoms with E-state index in [2.05, 4.69) is 20.9 Å². The number of aliphatic imine (C=N–C) groups is 2. The molecule has 1 aromatic carbocycles. The highest BCUT2D eigenvalue weighted by atomic mass is 35.5. The number of amides is 2. The van der Waals surface area contributed by atoms with Crippen LogP contribution in [0.3, 0.4) is 0 Å². The number of hydrogen-bond donors (Lipinski definition) is 3. The molecule has 176 valence electrons. The Morgan fingerprint density at radius 3 is 2.94 bits per heavy atom. The second kappa shape index (κ2) is 10.8. The molecule has 0 aromatic heterocycles. The summed E-state index contributed by atoms with van der Waals surface area (Å²) < 4.78 is 11.4. The maximum atomic E-state index is 12.3. The molecular formula is C24H24ClN5O4. The maximum absolute atomic E-state index is 12.3. The molecule has 3 N–H and O–H groups in total. The van der Waals surface area contributed by atoms with E-state index in [1.54, 1.807) is 25.6 Å². The lowest BCUT2D eigenvalue weighted by Gasteiger charge is -2.20. The van der Waals surface area contributed by atoms with Crippen molar-refractivity contribution < 1.29 is 19.1 Å². The number of rotatable bonds is 1. The van der Waals surface area contributed by atoms with E-state index in [0.717, 1.165) is 11.3 Å². The molecule has 1 aliphatic carbocycles. The summed E-state index contributed by atoms with van der Waals surface area (Å²) in [6.07, 6.45) is 9.07. The standard InChI is InChI=1S/C24H24ClN5O4/c1-33-20-9-7-18(25)17-13-27-22(32)4-2-10-26-21(31)5-3-11-34-15-6-8-19-16(12-15)24(29-14-28-19)30-23(17)20/h2,4,6-8,12-14H,3,5,9-11H2,1H3,(H,26,31)(H,27,32)(H,28,29,30)/b4-2-,17-13-. The fraction of sp³-hybridized carbons (Fsp3) is 0.250. The van der Waals surface area contributed by atoms with Crippen LogP contribution in [-0.4, -0.2) is 44.2 Å². The van der Waals surface area contributed by atoms with Gasteiger partial charge < -0.3 is 25.4 Å². The first-order chi connectivity index (χ1) is 16.5. The van der Waals surface area contributed by atoms with E-state index in [9.17, 15) is 9.59 Å². The normalized spacial score (nSPS) is 22.9. The highest BCUT2D eigenvalue weighted by Gasteiger charge is 2.23. The molecule has 0 radical (unpaired) electrons. The minimum atomic E-state index is -0.369. The highest BCUT2D eigenvalue weighted by Crippen LogP contribution is 2.34. The molecule has 0 saturated heterocycles. The highest BCUT2D eigenvalue weighted by molar-refractivity contribution is 6.32. The van der Waals surface area contributed by atoms with Crippen molar-refractivity contribution in [1.29, 1.82) is 0 Å². The largest absolute Gasteiger partial charge is 0.498 e. The summed E-state index contributed by atoms with van der Waals surface area (Å²) in [4.78, 5) is 33.4. The van der Waals surface area contributed by atoms with Crippen LogP contribution in [0.25, 0.3) is 0 Å². The lowest BCUT2D eigenvalue weighted by molar-refractivity contribution is -0.121. The first kappa shape index (κ1) is 23.3. The van der Waals surface area contributed by atoms with Gasteiger partial charge in [0, 0.05) is 47.8 Å². The molecule has 10 heteroatoms. The monoisotopic (exact) mass is 481 g/mol. The predicted octanol–water partition coefficient (Wildman–Crippen LogP) is 2.93. The van der Waals surface area contributed by atoms with Crippen LogP contribution in [0.1, 0.15) is 24.8 Å². The van der Waals surface area contributed by atoms with Gasteiger partial charge in [-0.1, -0.05) is 23.8 Å². The van der Waals surface area contributed by atoms with Gasteiger partial charge in [-0.15, -0.1) is 0 Å². The molecule has 4 rings (SSSR count). The van der Waals surface area contributed by atoms with Crippen LogP contribution >= 0.6 is 11.6 Å². The summed E-state index contributed by atoms with van der Waals surface area (Å²) in [5.41, 5.74) is 2.44. The van der Waals surface area contributed by atoms with Gasteiger partial charge in [-0.3, -0.25) is 9.59 Å². The number of ether oxygens (including phenoxy) is 2. The molecule has 1 aromatic rings. The van der Waals surface area contributed by atoms with Crippen LogP contribution < -0.4 is 20.7 Å². The first-order valence-corrected chi connectivity index (χ1v) is 11.2. The van der Waals surface area contributed by atoms with Gasteiger partial charge in [0.1, 0.15) is 23.0 Å². The van der Waals surface area contributed by atoms with Crippen LogP contribution in [-0.2, 0) is 14.3 Å². The van der Waals surface area contributed by atoms with Gasteiger partial charge >= 0.3 is 0 Å². The molecular weight excluding hydrogens is 458 g/mol. The van der Waals surface area contributed by atoms with E-state index < -0.39 is 0 Å². The van der Waals surface area contributed by atoms with Gasteiger partial charge in [0.2, 0.25) is 11.8 Å². The van der Waals surface area contributed by atoms with E-state index >= 15 is 0 Å². The van der Waals surface area contributed by atoms with Crippen molar-refractivity contribution in [3.8, 4) is 5.75 Å². The van der Waals surface area contributed by atoms with Crippen molar-refractivity contribution in [2.75, 3.05) is 20.3 Å². The lowest BCUT2D eigenvalue weighted by Crippen LogP contribution is -2.26. The minimum absolute atomic E-state index is 0.118. The van der Waals surface area contributed by atoms with E-state index in [-0.39, 0.29) is 18.4 Å². The molecule has 0 atom stereocenters. The Labute approximate surface area is 202 Å². The van der Waals surface area contributed by atoms with E-state index in [4.69, 9.17) is 26.1 Å². The van der Waals surface area contributed by atoms with Crippen molar-refractivity contribution in [1.82, 2.24) is 16.0 Å². The van der Waals surface area contributed by atoms with Crippen molar-refractivity contribution >= 4 is 41.3 Å². The van der Waals surface area contributed by atoms with Crippen molar-refractivity contribution in [2.45, 2.75) is 19.3 Å². The molecule has 3 aliphatic rings. The zero-order valence-electron chi connectivity index (χ0n) is 18.6. The summed E-state index contributed by atoms with van der Waals surface area (Å²) in [5.74, 6) is 1.28. The molecule has 2 aliphatic heterocycles. The summed E-state index contributed by atoms with van der Waals surface area (Å²) in [6.45, 7) is 0.618. The third kappa shape index (κ3) is 5.55. The van der Waals surface area contributed by atoms with E-state index in [0.29, 0.717) is 59.5 Å². The SMILES string of the molecule is COC1=C2/N=C3/NC=Nc4ccc(cc43)OCCCC(=O)NC/C=C\C(=O)N/C=C\2C(Cl)=CC1. The molecule has 0 unspecified atom stereocenters. The molecule has 0 saturated carbocycles. The first-order valence-electron chi connectivity index (χ1n) is 10.8. The van der Waals surface area contributed by atoms with E-state index in [1.165, 1.54) is 12.3 Å². The summed E-state index contributed by atoms with van der Waals surface area (Å²) in [6, 6.07) is 5.51.